The van der Waals surface area contributed by atoms with Crippen molar-refractivity contribution in [3.63, 3.8) is 0 Å². The number of benzene rings is 7. The highest BCUT2D eigenvalue weighted by Crippen LogP contribution is 2.37. The predicted octanol–water partition coefficient (Wildman–Crippen LogP) is 16.1. The van der Waals surface area contributed by atoms with Crippen LogP contribution in [-0.2, 0) is 0 Å². The minimum Gasteiger partial charge on any atom is -0.318 e. The quantitative estimate of drug-likeness (QED) is 0.0744. The summed E-state index contributed by atoms with van der Waals surface area (Å²) < 4.78 is 0. The molecule has 7 rings (SSSR count). The Hall–Kier alpha value is -7.74. The number of fused-ring (bicyclic) bond motifs is 6. The maximum atomic E-state index is 4.51. The van der Waals surface area contributed by atoms with Gasteiger partial charge < -0.3 is 4.90 Å². The van der Waals surface area contributed by atoms with E-state index < -0.39 is 0 Å². The van der Waals surface area contributed by atoms with Crippen molar-refractivity contribution in [1.29, 1.82) is 0 Å². The molecule has 0 aliphatic heterocycles. The van der Waals surface area contributed by atoms with E-state index in [9.17, 15) is 0 Å². The molecule has 0 N–H and O–H groups in total. The molecular formula is C58H47N. The summed E-state index contributed by atoms with van der Waals surface area (Å²) in [7, 11) is 0. The Labute approximate surface area is 349 Å². The molecule has 1 heteroatoms. The number of hydrogen-bond acceptors (Lipinski definition) is 1. The van der Waals surface area contributed by atoms with Crippen molar-refractivity contribution < 1.29 is 0 Å². The third kappa shape index (κ3) is 8.66. The number of nitrogens with zero attached hydrogens (tertiary/aromatic N) is 1. The van der Waals surface area contributed by atoms with Gasteiger partial charge in [-0.15, -0.1) is 0 Å². The van der Waals surface area contributed by atoms with Gasteiger partial charge >= 0.3 is 0 Å². The second-order valence-corrected chi connectivity index (χ2v) is 14.3. The largest absolute Gasteiger partial charge is 0.318 e. The van der Waals surface area contributed by atoms with Crippen LogP contribution >= 0.6 is 0 Å². The first-order valence-electron chi connectivity index (χ1n) is 19.6. The lowest BCUT2D eigenvalue weighted by molar-refractivity contribution is 1.21. The normalized spacial score (nSPS) is 12.0. The monoisotopic (exact) mass is 757 g/mol. The summed E-state index contributed by atoms with van der Waals surface area (Å²) in [6.07, 6.45) is 21.2. The zero-order chi connectivity index (χ0) is 41.3. The van der Waals surface area contributed by atoms with Gasteiger partial charge in [0.2, 0.25) is 0 Å². The molecule has 0 aliphatic carbocycles. The highest BCUT2D eigenvalue weighted by molar-refractivity contribution is 6.14. The minimum atomic E-state index is 0.750. The van der Waals surface area contributed by atoms with Gasteiger partial charge in [0.05, 0.1) is 0 Å². The van der Waals surface area contributed by atoms with Crippen LogP contribution in [0.15, 0.2) is 274 Å². The third-order valence-corrected chi connectivity index (χ3v) is 10.6. The average Bonchev–Trinajstić information content (AvgIpc) is 3.28. The fourth-order valence-corrected chi connectivity index (χ4v) is 7.33. The molecule has 284 valence electrons. The summed E-state index contributed by atoms with van der Waals surface area (Å²) in [5, 5.41) is 9.75. The molecular weight excluding hydrogens is 711 g/mol. The second kappa shape index (κ2) is 18.0. The van der Waals surface area contributed by atoms with Gasteiger partial charge in [-0.3, -0.25) is 0 Å². The summed E-state index contributed by atoms with van der Waals surface area (Å²) >= 11 is 0. The first kappa shape index (κ1) is 39.5. The van der Waals surface area contributed by atoms with Gasteiger partial charge in [-0.2, -0.15) is 0 Å². The molecule has 0 saturated carbocycles. The lowest BCUT2D eigenvalue weighted by atomic mass is 9.93. The molecule has 0 aliphatic rings. The van der Waals surface area contributed by atoms with Crippen molar-refractivity contribution in [3.8, 4) is 11.1 Å². The van der Waals surface area contributed by atoms with E-state index in [-0.39, 0.29) is 0 Å². The molecule has 0 aromatic heterocycles. The molecule has 59 heavy (non-hydrogen) atoms. The first-order valence-corrected chi connectivity index (χ1v) is 19.6. The van der Waals surface area contributed by atoms with Gasteiger partial charge in [-0.05, 0) is 124 Å². The maximum Gasteiger partial charge on any atom is 0.0455 e. The van der Waals surface area contributed by atoms with E-state index in [1.54, 1.807) is 6.08 Å². The molecule has 0 amide bonds. The first-order chi connectivity index (χ1) is 28.8. The Morgan fingerprint density at radius 3 is 1.54 bits per heavy atom. The van der Waals surface area contributed by atoms with E-state index in [0.717, 1.165) is 50.4 Å². The van der Waals surface area contributed by atoms with Crippen LogP contribution in [0.2, 0.25) is 0 Å². The summed E-state index contributed by atoms with van der Waals surface area (Å²) in [5.41, 5.74) is 9.27. The van der Waals surface area contributed by atoms with Crippen LogP contribution in [0.5, 0.6) is 0 Å². The molecule has 0 bridgehead atoms. The van der Waals surface area contributed by atoms with Crippen LogP contribution in [0.3, 0.4) is 0 Å². The molecule has 0 atom stereocenters. The lowest BCUT2D eigenvalue weighted by Crippen LogP contribution is -2.13. The molecule has 0 spiro atoms. The summed E-state index contributed by atoms with van der Waals surface area (Å²) in [6, 6.07) is 47.5. The highest BCUT2D eigenvalue weighted by atomic mass is 15.1. The van der Waals surface area contributed by atoms with Crippen LogP contribution in [0.1, 0.15) is 5.56 Å². The minimum absolute atomic E-state index is 0.750. The highest BCUT2D eigenvalue weighted by Gasteiger charge is 2.12. The van der Waals surface area contributed by atoms with E-state index >= 15 is 0 Å². The molecule has 0 heterocycles. The van der Waals surface area contributed by atoms with Gasteiger partial charge in [-0.1, -0.05) is 204 Å². The van der Waals surface area contributed by atoms with Gasteiger partial charge in [0.1, 0.15) is 0 Å². The van der Waals surface area contributed by atoms with E-state index in [4.69, 9.17) is 0 Å². The van der Waals surface area contributed by atoms with Gasteiger partial charge in [0.25, 0.3) is 0 Å². The van der Waals surface area contributed by atoms with Gasteiger partial charge in [-0.25, -0.2) is 0 Å². The van der Waals surface area contributed by atoms with Crippen molar-refractivity contribution in [3.05, 3.63) is 280 Å². The Kier molecular flexibility index (Phi) is 12.1. The summed E-state index contributed by atoms with van der Waals surface area (Å²) in [4.78, 5) is 2.08. The number of allylic oxidation sites excluding steroid dienone is 15. The topological polar surface area (TPSA) is 3.24 Å². The van der Waals surface area contributed by atoms with Crippen molar-refractivity contribution in [2.45, 2.75) is 0 Å². The molecule has 0 fully saturated rings. The van der Waals surface area contributed by atoms with Crippen LogP contribution in [-0.4, -0.2) is 0 Å². The lowest BCUT2D eigenvalue weighted by Gasteiger charge is -2.22. The zero-order valence-electron chi connectivity index (χ0n) is 33.4. The van der Waals surface area contributed by atoms with Gasteiger partial charge in [0.15, 0.2) is 0 Å². The zero-order valence-corrected chi connectivity index (χ0v) is 33.4. The Morgan fingerprint density at radius 2 is 0.949 bits per heavy atom. The SMILES string of the molecule is C=C/C=C\C(=C)C(=C)/C=C\C(=C)C(=C)/C=C\C(=C)N(/C=C/C=C(\C=C)c1cc2ccccc2c2ccccc12)c1ccc(-c2cc3ccccc3c3ccccc23)cc1. The maximum absolute atomic E-state index is 4.51. The Bertz CT molecular complexity index is 2990. The molecule has 0 saturated heterocycles. The average molecular weight is 758 g/mol. The fourth-order valence-electron chi connectivity index (χ4n) is 7.33. The fraction of sp³-hybridized carbons (Fsp3) is 0. The molecule has 1 nitrogen and oxygen atoms in total. The molecule has 7 aromatic rings. The van der Waals surface area contributed by atoms with Crippen molar-refractivity contribution in [1.82, 2.24) is 0 Å². The van der Waals surface area contributed by atoms with Gasteiger partial charge in [0, 0.05) is 17.6 Å². The van der Waals surface area contributed by atoms with Crippen molar-refractivity contribution in [2.75, 3.05) is 4.90 Å². The van der Waals surface area contributed by atoms with Crippen LogP contribution in [0.4, 0.5) is 5.69 Å². The van der Waals surface area contributed by atoms with Crippen molar-refractivity contribution in [2.24, 2.45) is 0 Å². The number of anilines is 1. The second-order valence-electron chi connectivity index (χ2n) is 14.3. The van der Waals surface area contributed by atoms with Crippen LogP contribution in [0, 0.1) is 0 Å². The smallest absolute Gasteiger partial charge is 0.0455 e. The molecule has 0 unspecified atom stereocenters. The van der Waals surface area contributed by atoms with Crippen LogP contribution < -0.4 is 4.90 Å². The Balaban J connectivity index is 1.23. The van der Waals surface area contributed by atoms with E-state index in [1.807, 2.05) is 48.7 Å². The molecule has 0 radical (unpaired) electrons. The number of hydrogen-bond donors (Lipinski definition) is 0. The summed E-state index contributed by atoms with van der Waals surface area (Å²) in [5.74, 6) is 0. The Morgan fingerprint density at radius 1 is 0.458 bits per heavy atom. The summed E-state index contributed by atoms with van der Waals surface area (Å²) in [6.45, 7) is 29.2. The van der Waals surface area contributed by atoms with E-state index in [1.165, 1.54) is 48.7 Å². The number of rotatable bonds is 15. The standard InChI is InChI=1S/C58H47N/c1-8-10-20-41(3)42(4)30-31-43(5)44(6)32-33-45(7)59(38-19-23-46(9-2)57-39-48-21-11-13-24-51(48)53-26-15-17-28-55(53)57)50-36-34-47(35-37-50)58-40-49-22-12-14-25-52(49)54-27-16-18-29-56(54)58/h8-40H,1-7H2/b20-10-,31-30-,33-32-,38-19+,46-23+. The van der Waals surface area contributed by atoms with E-state index in [0.29, 0.717) is 0 Å². The predicted molar refractivity (Wildman–Crippen MR) is 261 cm³/mol. The van der Waals surface area contributed by atoms with Crippen LogP contribution in [0.25, 0.3) is 59.8 Å². The molecule has 7 aromatic carbocycles. The van der Waals surface area contributed by atoms with E-state index in [2.05, 4.69) is 197 Å². The third-order valence-electron chi connectivity index (χ3n) is 10.6. The van der Waals surface area contributed by atoms with Crippen molar-refractivity contribution >= 4 is 54.4 Å².